The number of Topliss-reactive ketones (excluding diaryl/α,β-unsaturated/α-hetero) is 1. The monoisotopic (exact) mass is 471 g/mol. The second kappa shape index (κ2) is 10.7. The standard InChI is InChI=1S/C25H29NO6S/c1-25(2,3)22(27)15-32-24(29)18-7-5-6-8-21(18)33-16-23(28)26(4)14-17-9-10-19-20(13-17)31-12-11-30-19/h5-10,13H,11-12,14-16H2,1-4H3. The summed E-state index contributed by atoms with van der Waals surface area (Å²) in [5, 5.41) is 0. The second-order valence-corrected chi connectivity index (χ2v) is 9.78. The summed E-state index contributed by atoms with van der Waals surface area (Å²) in [7, 11) is 1.73. The van der Waals surface area contributed by atoms with Crippen molar-refractivity contribution in [3.63, 3.8) is 0 Å². The minimum absolute atomic E-state index is 0.0824. The molecule has 2 aromatic rings. The number of esters is 1. The topological polar surface area (TPSA) is 82.1 Å². The van der Waals surface area contributed by atoms with Crippen molar-refractivity contribution in [3.05, 3.63) is 53.6 Å². The SMILES string of the molecule is CN(Cc1ccc2c(c1)OCCO2)C(=O)CSc1ccccc1C(=O)OCC(=O)C(C)(C)C. The zero-order valence-electron chi connectivity index (χ0n) is 19.4. The van der Waals surface area contributed by atoms with Gasteiger partial charge in [0.2, 0.25) is 5.91 Å². The highest BCUT2D eigenvalue weighted by molar-refractivity contribution is 8.00. The lowest BCUT2D eigenvalue weighted by molar-refractivity contribution is -0.129. The summed E-state index contributed by atoms with van der Waals surface area (Å²) < 4.78 is 16.3. The molecule has 1 amide bonds. The number of thioether (sulfide) groups is 1. The Bertz CT molecular complexity index is 1030. The van der Waals surface area contributed by atoms with E-state index in [9.17, 15) is 14.4 Å². The molecule has 0 fully saturated rings. The van der Waals surface area contributed by atoms with Gasteiger partial charge in [0.1, 0.15) is 13.2 Å². The molecule has 0 N–H and O–H groups in total. The Hall–Kier alpha value is -3.00. The van der Waals surface area contributed by atoms with Crippen LogP contribution in [0, 0.1) is 5.41 Å². The molecule has 7 nitrogen and oxygen atoms in total. The maximum absolute atomic E-state index is 12.7. The minimum Gasteiger partial charge on any atom is -0.486 e. The van der Waals surface area contributed by atoms with Crippen molar-refractivity contribution in [2.45, 2.75) is 32.2 Å². The molecule has 2 aromatic carbocycles. The van der Waals surface area contributed by atoms with E-state index in [4.69, 9.17) is 14.2 Å². The molecule has 1 aliphatic heterocycles. The molecular weight excluding hydrogens is 442 g/mol. The van der Waals surface area contributed by atoms with Crippen molar-refractivity contribution in [2.24, 2.45) is 5.41 Å². The van der Waals surface area contributed by atoms with Crippen molar-refractivity contribution in [1.29, 1.82) is 0 Å². The molecule has 0 saturated heterocycles. The Morgan fingerprint density at radius 1 is 1.03 bits per heavy atom. The molecule has 0 bridgehead atoms. The van der Waals surface area contributed by atoms with Gasteiger partial charge in [-0.1, -0.05) is 39.0 Å². The number of ketones is 1. The quantitative estimate of drug-likeness (QED) is 0.425. The number of nitrogens with zero attached hydrogens (tertiary/aromatic N) is 1. The molecule has 8 heteroatoms. The maximum atomic E-state index is 12.7. The largest absolute Gasteiger partial charge is 0.486 e. The molecule has 0 saturated carbocycles. The molecule has 33 heavy (non-hydrogen) atoms. The van der Waals surface area contributed by atoms with E-state index >= 15 is 0 Å². The summed E-state index contributed by atoms with van der Waals surface area (Å²) in [5.41, 5.74) is 0.696. The highest BCUT2D eigenvalue weighted by atomic mass is 32.2. The molecule has 176 valence electrons. The van der Waals surface area contributed by atoms with E-state index in [1.807, 2.05) is 18.2 Å². The van der Waals surface area contributed by atoms with E-state index in [2.05, 4.69) is 0 Å². The third kappa shape index (κ3) is 6.74. The summed E-state index contributed by atoms with van der Waals surface area (Å²) in [6.07, 6.45) is 0. The van der Waals surface area contributed by atoms with Crippen molar-refractivity contribution >= 4 is 29.4 Å². The van der Waals surface area contributed by atoms with Crippen LogP contribution in [-0.2, 0) is 20.9 Å². The van der Waals surface area contributed by atoms with Gasteiger partial charge in [-0.2, -0.15) is 0 Å². The van der Waals surface area contributed by atoms with Crippen molar-refractivity contribution in [2.75, 3.05) is 32.6 Å². The van der Waals surface area contributed by atoms with Crippen LogP contribution < -0.4 is 9.47 Å². The molecule has 1 aliphatic rings. The average molecular weight is 472 g/mol. The summed E-state index contributed by atoms with van der Waals surface area (Å²) in [6, 6.07) is 12.6. The van der Waals surface area contributed by atoms with Crippen molar-refractivity contribution in [1.82, 2.24) is 4.90 Å². The van der Waals surface area contributed by atoms with Crippen LogP contribution in [-0.4, -0.2) is 55.2 Å². The number of hydrogen-bond donors (Lipinski definition) is 0. The molecule has 0 aliphatic carbocycles. The highest BCUT2D eigenvalue weighted by Crippen LogP contribution is 2.31. The fraction of sp³-hybridized carbons (Fsp3) is 0.400. The first kappa shape index (κ1) is 24.6. The van der Waals surface area contributed by atoms with Crippen LogP contribution in [0.1, 0.15) is 36.7 Å². The van der Waals surface area contributed by atoms with E-state index in [-0.39, 0.29) is 24.1 Å². The number of fused-ring (bicyclic) bond motifs is 1. The van der Waals surface area contributed by atoms with Crippen LogP contribution in [0.2, 0.25) is 0 Å². The van der Waals surface area contributed by atoms with Gasteiger partial charge in [-0.3, -0.25) is 9.59 Å². The number of benzene rings is 2. The number of hydrogen-bond acceptors (Lipinski definition) is 7. The van der Waals surface area contributed by atoms with Crippen molar-refractivity contribution < 1.29 is 28.6 Å². The number of carbonyl (C=O) groups excluding carboxylic acids is 3. The molecule has 0 spiro atoms. The maximum Gasteiger partial charge on any atom is 0.339 e. The van der Waals surface area contributed by atoms with Gasteiger partial charge in [0.05, 0.1) is 11.3 Å². The van der Waals surface area contributed by atoms with E-state index in [0.29, 0.717) is 41.7 Å². The third-order valence-electron chi connectivity index (χ3n) is 5.08. The summed E-state index contributed by atoms with van der Waals surface area (Å²) in [4.78, 5) is 39.5. The molecular formula is C25H29NO6S. The van der Waals surface area contributed by atoms with E-state index < -0.39 is 11.4 Å². The Morgan fingerprint density at radius 3 is 2.45 bits per heavy atom. The Kier molecular flexibility index (Phi) is 8.02. The van der Waals surface area contributed by atoms with Gasteiger partial charge in [-0.15, -0.1) is 11.8 Å². The van der Waals surface area contributed by atoms with Gasteiger partial charge < -0.3 is 19.1 Å². The Labute approximate surface area is 198 Å². The molecule has 0 unspecified atom stereocenters. The minimum atomic E-state index is -0.581. The normalized spacial score (nSPS) is 12.7. The average Bonchev–Trinajstić information content (AvgIpc) is 2.80. The fourth-order valence-corrected chi connectivity index (χ4v) is 3.97. The van der Waals surface area contributed by atoms with E-state index in [0.717, 1.165) is 5.56 Å². The number of ether oxygens (including phenoxy) is 3. The fourth-order valence-electron chi connectivity index (χ4n) is 2.98. The smallest absolute Gasteiger partial charge is 0.339 e. The van der Waals surface area contributed by atoms with Gasteiger partial charge in [0, 0.05) is 23.9 Å². The summed E-state index contributed by atoms with van der Waals surface area (Å²) in [5.74, 6) is 0.742. The molecule has 0 atom stereocenters. The van der Waals surface area contributed by atoms with Crippen LogP contribution >= 0.6 is 11.8 Å². The second-order valence-electron chi connectivity index (χ2n) is 8.76. The van der Waals surface area contributed by atoms with Gasteiger partial charge in [-0.25, -0.2) is 4.79 Å². The first-order valence-corrected chi connectivity index (χ1v) is 11.7. The van der Waals surface area contributed by atoms with Crippen LogP contribution in [0.5, 0.6) is 11.5 Å². The van der Waals surface area contributed by atoms with Gasteiger partial charge in [0.15, 0.2) is 23.9 Å². The predicted octanol–water partition coefficient (Wildman–Crippen LogP) is 3.98. The van der Waals surface area contributed by atoms with Crippen LogP contribution in [0.3, 0.4) is 0 Å². The van der Waals surface area contributed by atoms with Gasteiger partial charge in [-0.05, 0) is 29.8 Å². The molecule has 0 radical (unpaired) electrons. The highest BCUT2D eigenvalue weighted by Gasteiger charge is 2.24. The third-order valence-corrected chi connectivity index (χ3v) is 6.14. The summed E-state index contributed by atoms with van der Waals surface area (Å²) in [6.45, 7) is 6.52. The van der Waals surface area contributed by atoms with Crippen molar-refractivity contribution in [3.8, 4) is 11.5 Å². The first-order chi connectivity index (χ1) is 15.6. The zero-order chi connectivity index (χ0) is 24.0. The van der Waals surface area contributed by atoms with Gasteiger partial charge >= 0.3 is 5.97 Å². The van der Waals surface area contributed by atoms with Crippen LogP contribution in [0.25, 0.3) is 0 Å². The molecule has 1 heterocycles. The summed E-state index contributed by atoms with van der Waals surface area (Å²) >= 11 is 1.26. The Balaban J connectivity index is 1.56. The lowest BCUT2D eigenvalue weighted by atomic mass is 9.91. The number of carbonyl (C=O) groups is 3. The lowest BCUT2D eigenvalue weighted by Crippen LogP contribution is -2.28. The van der Waals surface area contributed by atoms with Crippen LogP contribution in [0.15, 0.2) is 47.4 Å². The predicted molar refractivity (Wildman–Crippen MR) is 126 cm³/mol. The Morgan fingerprint density at radius 2 is 1.73 bits per heavy atom. The van der Waals surface area contributed by atoms with E-state index in [1.165, 1.54) is 11.8 Å². The first-order valence-electron chi connectivity index (χ1n) is 10.7. The van der Waals surface area contributed by atoms with Crippen LogP contribution in [0.4, 0.5) is 0 Å². The van der Waals surface area contributed by atoms with Gasteiger partial charge in [0.25, 0.3) is 0 Å². The number of rotatable bonds is 8. The molecule has 3 rings (SSSR count). The number of amides is 1. The van der Waals surface area contributed by atoms with E-state index in [1.54, 1.807) is 57.0 Å². The zero-order valence-corrected chi connectivity index (χ0v) is 20.2. The lowest BCUT2D eigenvalue weighted by Gasteiger charge is -2.21. The molecule has 0 aromatic heterocycles.